The van der Waals surface area contributed by atoms with Crippen LogP contribution in [-0.4, -0.2) is 48.6 Å². The molecule has 16 heavy (non-hydrogen) atoms. The van der Waals surface area contributed by atoms with Gasteiger partial charge in [-0.15, -0.1) is 0 Å². The molecule has 92 valence electrons. The van der Waals surface area contributed by atoms with Crippen molar-refractivity contribution in [1.82, 2.24) is 15.5 Å². The monoisotopic (exact) mass is 225 g/mol. The van der Waals surface area contributed by atoms with Crippen LogP contribution in [0.4, 0.5) is 0 Å². The average molecular weight is 225 g/mol. The van der Waals surface area contributed by atoms with Gasteiger partial charge in [0, 0.05) is 31.7 Å². The molecule has 0 bridgehead atoms. The van der Waals surface area contributed by atoms with E-state index >= 15 is 0 Å². The summed E-state index contributed by atoms with van der Waals surface area (Å²) in [6.07, 6.45) is 3.30. The Kier molecular flexibility index (Phi) is 3.82. The Morgan fingerprint density at radius 3 is 2.94 bits per heavy atom. The number of nitrogens with zero attached hydrogens (tertiary/aromatic N) is 1. The zero-order valence-corrected chi connectivity index (χ0v) is 10.3. The maximum absolute atomic E-state index is 12.0. The Morgan fingerprint density at radius 1 is 1.31 bits per heavy atom. The van der Waals surface area contributed by atoms with Gasteiger partial charge in [-0.25, -0.2) is 0 Å². The molecular formula is C12H23N3O. The van der Waals surface area contributed by atoms with Gasteiger partial charge in [-0.05, 0) is 33.1 Å². The molecule has 4 nitrogen and oxygen atoms in total. The molecule has 1 amide bonds. The fourth-order valence-electron chi connectivity index (χ4n) is 2.72. The number of carbonyl (C=O) groups excluding carboxylic acids is 1. The van der Waals surface area contributed by atoms with E-state index < -0.39 is 0 Å². The number of carbonyl (C=O) groups is 1. The maximum Gasteiger partial charge on any atom is 0.237 e. The fourth-order valence-corrected chi connectivity index (χ4v) is 2.72. The van der Waals surface area contributed by atoms with E-state index in [0.29, 0.717) is 12.1 Å². The van der Waals surface area contributed by atoms with Crippen molar-refractivity contribution < 1.29 is 4.79 Å². The summed E-state index contributed by atoms with van der Waals surface area (Å²) in [7, 11) is 0. The maximum atomic E-state index is 12.0. The normalized spacial score (nSPS) is 37.9. The highest BCUT2D eigenvalue weighted by Crippen LogP contribution is 2.17. The molecular weight excluding hydrogens is 202 g/mol. The Hall–Kier alpha value is -0.610. The average Bonchev–Trinajstić information content (AvgIpc) is 2.47. The molecule has 2 N–H and O–H groups in total. The second-order valence-electron chi connectivity index (χ2n) is 5.16. The predicted octanol–water partition coefficient (Wildman–Crippen LogP) is 0.337. The van der Waals surface area contributed by atoms with E-state index in [1.54, 1.807) is 0 Å². The van der Waals surface area contributed by atoms with Gasteiger partial charge in [0.2, 0.25) is 5.91 Å². The van der Waals surface area contributed by atoms with Crippen LogP contribution in [0.15, 0.2) is 0 Å². The summed E-state index contributed by atoms with van der Waals surface area (Å²) in [6.45, 7) is 7.22. The van der Waals surface area contributed by atoms with Crippen molar-refractivity contribution in [1.29, 1.82) is 0 Å². The van der Waals surface area contributed by atoms with E-state index in [1.165, 1.54) is 0 Å². The number of hydrogen-bond acceptors (Lipinski definition) is 3. The van der Waals surface area contributed by atoms with Gasteiger partial charge in [0.1, 0.15) is 0 Å². The lowest BCUT2D eigenvalue weighted by molar-refractivity contribution is -0.127. The molecule has 0 radical (unpaired) electrons. The molecule has 0 spiro atoms. The van der Waals surface area contributed by atoms with Crippen LogP contribution in [0.1, 0.15) is 33.1 Å². The number of amides is 1. The molecule has 0 aromatic carbocycles. The Morgan fingerprint density at radius 2 is 2.12 bits per heavy atom. The molecule has 2 saturated heterocycles. The number of hydrogen-bond donors (Lipinski definition) is 2. The van der Waals surface area contributed by atoms with E-state index in [0.717, 1.165) is 38.9 Å². The van der Waals surface area contributed by atoms with Crippen LogP contribution in [0.5, 0.6) is 0 Å². The molecule has 0 aromatic rings. The summed E-state index contributed by atoms with van der Waals surface area (Å²) < 4.78 is 0. The van der Waals surface area contributed by atoms with Crippen LogP contribution in [0, 0.1) is 0 Å². The summed E-state index contributed by atoms with van der Waals surface area (Å²) in [6, 6.07) is 1.05. The lowest BCUT2D eigenvalue weighted by Gasteiger charge is -2.41. The lowest BCUT2D eigenvalue weighted by Crippen LogP contribution is -2.60. The molecule has 2 heterocycles. The molecule has 2 aliphatic heterocycles. The number of nitrogens with one attached hydrogen (secondary N) is 2. The zero-order chi connectivity index (χ0) is 11.5. The van der Waals surface area contributed by atoms with Crippen LogP contribution in [0.3, 0.4) is 0 Å². The molecule has 3 atom stereocenters. The van der Waals surface area contributed by atoms with Crippen molar-refractivity contribution in [3.05, 3.63) is 0 Å². The SMILES string of the molecule is CC1CN(C2CCCCNC2=O)C(C)CN1. The minimum atomic E-state index is 0.0991. The molecule has 2 aliphatic rings. The van der Waals surface area contributed by atoms with E-state index in [-0.39, 0.29) is 11.9 Å². The molecule has 3 unspecified atom stereocenters. The van der Waals surface area contributed by atoms with Crippen molar-refractivity contribution in [3.63, 3.8) is 0 Å². The highest BCUT2D eigenvalue weighted by atomic mass is 16.2. The topological polar surface area (TPSA) is 44.4 Å². The van der Waals surface area contributed by atoms with Crippen molar-refractivity contribution in [2.24, 2.45) is 0 Å². The molecule has 4 heteroatoms. The van der Waals surface area contributed by atoms with Gasteiger partial charge in [-0.1, -0.05) is 0 Å². The molecule has 2 rings (SSSR count). The Labute approximate surface area is 97.8 Å². The van der Waals surface area contributed by atoms with E-state index in [2.05, 4.69) is 29.4 Å². The summed E-state index contributed by atoms with van der Waals surface area (Å²) in [5.74, 6) is 0.235. The first-order valence-electron chi connectivity index (χ1n) is 6.45. The minimum Gasteiger partial charge on any atom is -0.355 e. The third kappa shape index (κ3) is 2.55. The highest BCUT2D eigenvalue weighted by Gasteiger charge is 2.33. The summed E-state index contributed by atoms with van der Waals surface area (Å²) in [5, 5.41) is 6.48. The van der Waals surface area contributed by atoms with E-state index in [1.807, 2.05) is 0 Å². The quantitative estimate of drug-likeness (QED) is 0.676. The second-order valence-corrected chi connectivity index (χ2v) is 5.16. The van der Waals surface area contributed by atoms with Gasteiger partial charge < -0.3 is 10.6 Å². The zero-order valence-electron chi connectivity index (χ0n) is 10.3. The van der Waals surface area contributed by atoms with E-state index in [4.69, 9.17) is 0 Å². The van der Waals surface area contributed by atoms with Gasteiger partial charge in [0.05, 0.1) is 6.04 Å². The lowest BCUT2D eigenvalue weighted by atomic mass is 10.0. The van der Waals surface area contributed by atoms with Crippen molar-refractivity contribution in [2.45, 2.75) is 51.2 Å². The summed E-state index contributed by atoms with van der Waals surface area (Å²) in [5.41, 5.74) is 0. The molecule has 0 aliphatic carbocycles. The standard InChI is InChI=1S/C12H23N3O/c1-9-8-15(10(2)7-14-9)11-5-3-4-6-13-12(11)16/h9-11,14H,3-8H2,1-2H3,(H,13,16). The first kappa shape index (κ1) is 11.9. The number of piperazine rings is 1. The predicted molar refractivity (Wildman–Crippen MR) is 64.3 cm³/mol. The fraction of sp³-hybridized carbons (Fsp3) is 0.917. The van der Waals surface area contributed by atoms with E-state index in [9.17, 15) is 4.79 Å². The first-order valence-corrected chi connectivity index (χ1v) is 6.45. The van der Waals surface area contributed by atoms with Crippen molar-refractivity contribution in [2.75, 3.05) is 19.6 Å². The minimum absolute atomic E-state index is 0.0991. The second kappa shape index (κ2) is 5.15. The number of rotatable bonds is 1. The summed E-state index contributed by atoms with van der Waals surface area (Å²) >= 11 is 0. The van der Waals surface area contributed by atoms with Crippen LogP contribution in [0.25, 0.3) is 0 Å². The van der Waals surface area contributed by atoms with Crippen LogP contribution in [-0.2, 0) is 4.79 Å². The third-order valence-electron chi connectivity index (χ3n) is 3.72. The third-order valence-corrected chi connectivity index (χ3v) is 3.72. The van der Waals surface area contributed by atoms with Crippen molar-refractivity contribution >= 4 is 5.91 Å². The highest BCUT2D eigenvalue weighted by molar-refractivity contribution is 5.82. The smallest absolute Gasteiger partial charge is 0.237 e. The van der Waals surface area contributed by atoms with Crippen molar-refractivity contribution in [3.8, 4) is 0 Å². The Bertz CT molecular complexity index is 257. The van der Waals surface area contributed by atoms with Crippen LogP contribution >= 0.6 is 0 Å². The Balaban J connectivity index is 2.05. The van der Waals surface area contributed by atoms with Crippen LogP contribution < -0.4 is 10.6 Å². The summed E-state index contributed by atoms with van der Waals surface area (Å²) in [4.78, 5) is 14.4. The molecule has 2 fully saturated rings. The van der Waals surface area contributed by atoms with Gasteiger partial charge >= 0.3 is 0 Å². The van der Waals surface area contributed by atoms with Gasteiger partial charge in [-0.2, -0.15) is 0 Å². The first-order chi connectivity index (χ1) is 7.68. The van der Waals surface area contributed by atoms with Gasteiger partial charge in [0.15, 0.2) is 0 Å². The largest absolute Gasteiger partial charge is 0.355 e. The van der Waals surface area contributed by atoms with Gasteiger partial charge in [-0.3, -0.25) is 9.69 Å². The van der Waals surface area contributed by atoms with Gasteiger partial charge in [0.25, 0.3) is 0 Å². The molecule has 0 saturated carbocycles. The van der Waals surface area contributed by atoms with Crippen LogP contribution in [0.2, 0.25) is 0 Å². The molecule has 0 aromatic heterocycles.